The molecule has 2 N–H and O–H groups in total. The molecular weight excluding hydrogens is 346 g/mol. The molecule has 0 fully saturated rings. The van der Waals surface area contributed by atoms with Crippen molar-refractivity contribution in [2.24, 2.45) is 5.92 Å². The van der Waals surface area contributed by atoms with E-state index in [1.54, 1.807) is 37.1 Å². The second-order valence-corrected chi connectivity index (χ2v) is 7.61. The van der Waals surface area contributed by atoms with E-state index in [1.165, 1.54) is 4.90 Å². The van der Waals surface area contributed by atoms with E-state index in [2.05, 4.69) is 10.3 Å². The predicted octanol–water partition coefficient (Wildman–Crippen LogP) is 3.79. The van der Waals surface area contributed by atoms with Gasteiger partial charge in [0, 0.05) is 35.2 Å². The topological polar surface area (TPSA) is 82.5 Å². The Balaban J connectivity index is 1.91. The molecule has 1 aromatic carbocycles. The van der Waals surface area contributed by atoms with Gasteiger partial charge in [-0.1, -0.05) is 18.7 Å². The number of anilines is 1. The van der Waals surface area contributed by atoms with E-state index >= 15 is 0 Å². The SMILES string of the molecule is Cc1csc(Sc2ccc(NC(=O)N(C)CC(C)C(=O)O)cc2)n1. The van der Waals surface area contributed by atoms with Gasteiger partial charge < -0.3 is 15.3 Å². The molecule has 8 heteroatoms. The van der Waals surface area contributed by atoms with Gasteiger partial charge in [0.1, 0.15) is 0 Å². The number of carbonyl (C=O) groups excluding carboxylic acids is 1. The number of hydrogen-bond donors (Lipinski definition) is 2. The minimum absolute atomic E-state index is 0.151. The highest BCUT2D eigenvalue weighted by Crippen LogP contribution is 2.30. The molecule has 0 radical (unpaired) electrons. The molecule has 6 nitrogen and oxygen atoms in total. The Morgan fingerprint density at radius 3 is 2.58 bits per heavy atom. The van der Waals surface area contributed by atoms with E-state index in [0.717, 1.165) is 14.9 Å². The highest BCUT2D eigenvalue weighted by molar-refractivity contribution is 8.01. The lowest BCUT2D eigenvalue weighted by molar-refractivity contribution is -0.141. The number of nitrogens with zero attached hydrogens (tertiary/aromatic N) is 2. The third kappa shape index (κ3) is 5.24. The van der Waals surface area contributed by atoms with Crippen LogP contribution in [0.4, 0.5) is 10.5 Å². The number of carbonyl (C=O) groups is 2. The van der Waals surface area contributed by atoms with Gasteiger partial charge in [0.05, 0.1) is 5.92 Å². The van der Waals surface area contributed by atoms with Gasteiger partial charge in [0.25, 0.3) is 0 Å². The minimum Gasteiger partial charge on any atom is -0.481 e. The van der Waals surface area contributed by atoms with Crippen LogP contribution in [0.1, 0.15) is 12.6 Å². The third-order valence-corrected chi connectivity index (χ3v) is 5.29. The standard InChI is InChI=1S/C16H19N3O3S2/c1-10(14(20)21)8-19(3)15(22)18-12-4-6-13(7-5-12)24-16-17-11(2)9-23-16/h4-7,9-10H,8H2,1-3H3,(H,18,22)(H,20,21). The van der Waals surface area contributed by atoms with Crippen molar-refractivity contribution in [1.29, 1.82) is 0 Å². The fourth-order valence-electron chi connectivity index (χ4n) is 1.88. The van der Waals surface area contributed by atoms with E-state index in [9.17, 15) is 9.59 Å². The first-order valence-electron chi connectivity index (χ1n) is 7.30. The molecule has 0 aliphatic rings. The van der Waals surface area contributed by atoms with Gasteiger partial charge in [-0.25, -0.2) is 9.78 Å². The van der Waals surface area contributed by atoms with Crippen LogP contribution in [-0.4, -0.2) is 40.6 Å². The number of aliphatic carboxylic acids is 1. The van der Waals surface area contributed by atoms with Crippen LogP contribution in [0.3, 0.4) is 0 Å². The van der Waals surface area contributed by atoms with Crippen molar-refractivity contribution in [3.63, 3.8) is 0 Å². The molecule has 0 saturated carbocycles. The maximum absolute atomic E-state index is 12.1. The molecule has 2 rings (SSSR count). The highest BCUT2D eigenvalue weighted by Gasteiger charge is 2.17. The average Bonchev–Trinajstić information content (AvgIpc) is 2.94. The van der Waals surface area contributed by atoms with Crippen molar-refractivity contribution < 1.29 is 14.7 Å². The highest BCUT2D eigenvalue weighted by atomic mass is 32.2. The molecule has 0 saturated heterocycles. The Morgan fingerprint density at radius 1 is 1.38 bits per heavy atom. The summed E-state index contributed by atoms with van der Waals surface area (Å²) in [6, 6.07) is 7.12. The maximum Gasteiger partial charge on any atom is 0.321 e. The lowest BCUT2D eigenvalue weighted by Crippen LogP contribution is -2.36. The van der Waals surface area contributed by atoms with Crippen LogP contribution in [0, 0.1) is 12.8 Å². The van der Waals surface area contributed by atoms with Crippen LogP contribution in [0.2, 0.25) is 0 Å². The summed E-state index contributed by atoms with van der Waals surface area (Å²) in [6.45, 7) is 3.68. The number of hydrogen-bond acceptors (Lipinski definition) is 5. The Morgan fingerprint density at radius 2 is 2.04 bits per heavy atom. The molecule has 1 atom stereocenters. The van der Waals surface area contributed by atoms with Crippen LogP contribution < -0.4 is 5.32 Å². The molecule has 0 bridgehead atoms. The average molecular weight is 365 g/mol. The van der Waals surface area contributed by atoms with Gasteiger partial charge in [-0.05, 0) is 31.2 Å². The quantitative estimate of drug-likeness (QED) is 0.814. The monoisotopic (exact) mass is 365 g/mol. The zero-order valence-corrected chi connectivity index (χ0v) is 15.3. The molecule has 24 heavy (non-hydrogen) atoms. The summed E-state index contributed by atoms with van der Waals surface area (Å²) >= 11 is 3.17. The van der Waals surface area contributed by atoms with Crippen molar-refractivity contribution in [2.45, 2.75) is 23.1 Å². The number of amides is 2. The lowest BCUT2D eigenvalue weighted by atomic mass is 10.2. The molecule has 2 aromatic rings. The van der Waals surface area contributed by atoms with Crippen molar-refractivity contribution in [1.82, 2.24) is 9.88 Å². The number of thiazole rings is 1. The summed E-state index contributed by atoms with van der Waals surface area (Å²) in [4.78, 5) is 29.7. The smallest absolute Gasteiger partial charge is 0.321 e. The van der Waals surface area contributed by atoms with E-state index in [1.807, 2.05) is 36.6 Å². The van der Waals surface area contributed by atoms with Crippen LogP contribution in [0.5, 0.6) is 0 Å². The van der Waals surface area contributed by atoms with E-state index in [4.69, 9.17) is 5.11 Å². The van der Waals surface area contributed by atoms with E-state index in [-0.39, 0.29) is 12.6 Å². The Hall–Kier alpha value is -2.06. The lowest BCUT2D eigenvalue weighted by Gasteiger charge is -2.20. The summed E-state index contributed by atoms with van der Waals surface area (Å²) in [5.74, 6) is -1.53. The van der Waals surface area contributed by atoms with Crippen molar-refractivity contribution >= 4 is 40.8 Å². The largest absolute Gasteiger partial charge is 0.481 e. The molecule has 0 aliphatic carbocycles. The molecular formula is C16H19N3O3S2. The molecule has 128 valence electrons. The molecule has 0 aliphatic heterocycles. The fraction of sp³-hybridized carbons (Fsp3) is 0.312. The maximum atomic E-state index is 12.1. The number of nitrogens with one attached hydrogen (secondary N) is 1. The van der Waals surface area contributed by atoms with Gasteiger partial charge in [-0.2, -0.15) is 0 Å². The number of rotatable bonds is 6. The van der Waals surface area contributed by atoms with Crippen molar-refractivity contribution in [3.05, 3.63) is 35.3 Å². The van der Waals surface area contributed by atoms with Crippen LogP contribution in [0.15, 0.2) is 38.9 Å². The Kier molecular flexibility index (Phi) is 6.22. The second-order valence-electron chi connectivity index (χ2n) is 5.43. The molecule has 0 spiro atoms. The first-order chi connectivity index (χ1) is 11.3. The van der Waals surface area contributed by atoms with Gasteiger partial charge >= 0.3 is 12.0 Å². The zero-order valence-electron chi connectivity index (χ0n) is 13.6. The molecule has 1 aromatic heterocycles. The summed E-state index contributed by atoms with van der Waals surface area (Å²) < 4.78 is 0.978. The summed E-state index contributed by atoms with van der Waals surface area (Å²) in [5.41, 5.74) is 1.67. The minimum atomic E-state index is -0.923. The van der Waals surface area contributed by atoms with Crippen molar-refractivity contribution in [2.75, 3.05) is 18.9 Å². The Bertz CT molecular complexity index is 716. The molecule has 2 amide bonds. The second kappa shape index (κ2) is 8.16. The number of carboxylic acid groups (broad SMARTS) is 1. The number of aromatic nitrogens is 1. The first kappa shape index (κ1) is 18.3. The van der Waals surface area contributed by atoms with Crippen LogP contribution in [0.25, 0.3) is 0 Å². The van der Waals surface area contributed by atoms with Crippen molar-refractivity contribution in [3.8, 4) is 0 Å². The first-order valence-corrected chi connectivity index (χ1v) is 8.99. The van der Waals surface area contributed by atoms with Crippen LogP contribution in [-0.2, 0) is 4.79 Å². The third-order valence-electron chi connectivity index (χ3n) is 3.22. The van der Waals surface area contributed by atoms with Gasteiger partial charge in [-0.15, -0.1) is 11.3 Å². The number of benzene rings is 1. The van der Waals surface area contributed by atoms with Gasteiger partial charge in [0.15, 0.2) is 4.34 Å². The molecule has 1 unspecified atom stereocenters. The van der Waals surface area contributed by atoms with E-state index in [0.29, 0.717) is 5.69 Å². The normalized spacial score (nSPS) is 11.8. The van der Waals surface area contributed by atoms with Gasteiger partial charge in [-0.3, -0.25) is 4.79 Å². The number of urea groups is 1. The zero-order chi connectivity index (χ0) is 17.7. The summed E-state index contributed by atoms with van der Waals surface area (Å²) in [5, 5.41) is 13.6. The number of aryl methyl sites for hydroxylation is 1. The number of carboxylic acids is 1. The summed E-state index contributed by atoms with van der Waals surface area (Å²) in [6.07, 6.45) is 0. The predicted molar refractivity (Wildman–Crippen MR) is 95.9 cm³/mol. The van der Waals surface area contributed by atoms with Gasteiger partial charge in [0.2, 0.25) is 0 Å². The fourth-order valence-corrected chi connectivity index (χ4v) is 3.69. The van der Waals surface area contributed by atoms with E-state index < -0.39 is 11.9 Å². The Labute approximate surface area is 148 Å². The van der Waals surface area contributed by atoms with Crippen LogP contribution >= 0.6 is 23.1 Å². The molecule has 1 heterocycles. The summed E-state index contributed by atoms with van der Waals surface area (Å²) in [7, 11) is 1.57.